The van der Waals surface area contributed by atoms with Crippen LogP contribution in [0.5, 0.6) is 11.5 Å². The standard InChI is InChI=1S/C55H39N3O/c1-36-17-16-22-39(31-36)57-50-28-13-9-24-43(50)55(44-25-10-14-29-51(44)57)45-26-11-15-30-53(45)59-54-35-52-42(34-46(54)55)41-23-8-12-27-49(41)58(52)40-32-47(37-18-4-2-5-19-37)56-48(33-40)38-20-6-3-7-21-38/h2-16,18-36H,17H2,1H3. The summed E-state index contributed by atoms with van der Waals surface area (Å²) in [5, 5.41) is 2.36. The first-order valence-electron chi connectivity index (χ1n) is 20.5. The van der Waals surface area contributed by atoms with Crippen LogP contribution in [0.4, 0.5) is 11.4 Å². The van der Waals surface area contributed by atoms with Crippen molar-refractivity contribution in [2.45, 2.75) is 18.8 Å². The molecule has 2 aliphatic heterocycles. The molecule has 2 aromatic heterocycles. The van der Waals surface area contributed by atoms with E-state index in [1.54, 1.807) is 0 Å². The summed E-state index contributed by atoms with van der Waals surface area (Å²) in [6.45, 7) is 2.30. The molecule has 280 valence electrons. The van der Waals surface area contributed by atoms with Gasteiger partial charge in [-0.2, -0.15) is 0 Å². The monoisotopic (exact) mass is 757 g/mol. The first-order chi connectivity index (χ1) is 29.2. The van der Waals surface area contributed by atoms with Crippen molar-refractivity contribution in [3.05, 3.63) is 228 Å². The molecule has 9 aromatic rings. The van der Waals surface area contributed by atoms with Gasteiger partial charge in [0.25, 0.3) is 0 Å². The molecule has 1 aliphatic carbocycles. The van der Waals surface area contributed by atoms with E-state index < -0.39 is 5.41 Å². The van der Waals surface area contributed by atoms with Gasteiger partial charge in [-0.05, 0) is 72.0 Å². The normalized spacial score (nSPS) is 15.9. The summed E-state index contributed by atoms with van der Waals surface area (Å²) >= 11 is 0. The number of rotatable bonds is 4. The van der Waals surface area contributed by atoms with Crippen LogP contribution in [0.25, 0.3) is 50.0 Å². The van der Waals surface area contributed by atoms with Gasteiger partial charge in [-0.15, -0.1) is 0 Å². The molecule has 4 heteroatoms. The van der Waals surface area contributed by atoms with Crippen LogP contribution in [0.2, 0.25) is 0 Å². The minimum absolute atomic E-state index is 0.452. The zero-order valence-electron chi connectivity index (χ0n) is 32.6. The van der Waals surface area contributed by atoms with E-state index >= 15 is 0 Å². The average molecular weight is 758 g/mol. The Morgan fingerprint density at radius 1 is 0.542 bits per heavy atom. The van der Waals surface area contributed by atoms with Gasteiger partial charge in [0.15, 0.2) is 0 Å². The van der Waals surface area contributed by atoms with Crippen molar-refractivity contribution in [1.29, 1.82) is 0 Å². The molecular weight excluding hydrogens is 719 g/mol. The molecule has 1 spiro atoms. The molecule has 59 heavy (non-hydrogen) atoms. The van der Waals surface area contributed by atoms with E-state index in [0.29, 0.717) is 5.92 Å². The SMILES string of the molecule is CC1C=C(N2c3ccccc3C3(c4ccccc4Oc4cc5c(cc43)c3ccccc3n5-c3cc(-c4ccccc4)nc(-c4ccccc4)c3)c3ccccc32)C=CC1. The van der Waals surface area contributed by atoms with E-state index in [-0.39, 0.29) is 0 Å². The van der Waals surface area contributed by atoms with Gasteiger partial charge in [-0.25, -0.2) is 4.98 Å². The molecule has 0 saturated heterocycles. The van der Waals surface area contributed by atoms with Crippen LogP contribution >= 0.6 is 0 Å². The summed E-state index contributed by atoms with van der Waals surface area (Å²) in [6.07, 6.45) is 8.07. The Morgan fingerprint density at radius 2 is 1.14 bits per heavy atom. The third-order valence-electron chi connectivity index (χ3n) is 12.5. The maximum absolute atomic E-state index is 7.11. The van der Waals surface area contributed by atoms with Crippen LogP contribution in [-0.2, 0) is 5.41 Å². The Kier molecular flexibility index (Phi) is 7.45. The quantitative estimate of drug-likeness (QED) is 0.179. The molecule has 3 aliphatic rings. The molecule has 0 saturated carbocycles. The molecular formula is C55H39N3O. The number of fused-ring (bicyclic) bond motifs is 11. The van der Waals surface area contributed by atoms with Crippen LogP contribution in [0, 0.1) is 5.92 Å². The van der Waals surface area contributed by atoms with Crippen molar-refractivity contribution in [3.63, 3.8) is 0 Å². The van der Waals surface area contributed by atoms with Crippen LogP contribution in [0.3, 0.4) is 0 Å². The fourth-order valence-corrected chi connectivity index (χ4v) is 10.0. The number of benzene rings is 7. The lowest BCUT2D eigenvalue weighted by atomic mass is 9.61. The van der Waals surface area contributed by atoms with Crippen molar-refractivity contribution < 1.29 is 4.74 Å². The molecule has 1 atom stereocenters. The highest BCUT2D eigenvalue weighted by atomic mass is 16.5. The molecule has 7 aromatic carbocycles. The van der Waals surface area contributed by atoms with Crippen LogP contribution in [0.15, 0.2) is 206 Å². The fraction of sp³-hybridized carbons (Fsp3) is 0.0727. The van der Waals surface area contributed by atoms with Gasteiger partial charge in [-0.1, -0.05) is 153 Å². The van der Waals surface area contributed by atoms with Crippen molar-refractivity contribution in [3.8, 4) is 39.7 Å². The summed E-state index contributed by atoms with van der Waals surface area (Å²) in [6, 6.07) is 65.6. The number of ether oxygens (including phenoxy) is 1. The zero-order chi connectivity index (χ0) is 39.1. The summed E-state index contributed by atoms with van der Waals surface area (Å²) in [4.78, 5) is 7.71. The van der Waals surface area contributed by atoms with Gasteiger partial charge in [-0.3, -0.25) is 0 Å². The largest absolute Gasteiger partial charge is 0.457 e. The van der Waals surface area contributed by atoms with E-state index in [1.165, 1.54) is 39.0 Å². The number of anilines is 2. The lowest BCUT2D eigenvalue weighted by Crippen LogP contribution is -2.40. The first kappa shape index (κ1) is 33.7. The van der Waals surface area contributed by atoms with Crippen LogP contribution in [0.1, 0.15) is 35.6 Å². The number of hydrogen-bond acceptors (Lipinski definition) is 3. The predicted molar refractivity (Wildman–Crippen MR) is 241 cm³/mol. The topological polar surface area (TPSA) is 30.3 Å². The highest BCUT2D eigenvalue weighted by Gasteiger charge is 2.51. The third kappa shape index (κ3) is 4.99. The Morgan fingerprint density at radius 3 is 1.81 bits per heavy atom. The molecule has 0 N–H and O–H groups in total. The van der Waals surface area contributed by atoms with Gasteiger partial charge in [0.2, 0.25) is 0 Å². The Hall–Kier alpha value is -7.43. The lowest BCUT2D eigenvalue weighted by molar-refractivity contribution is 0.434. The average Bonchev–Trinajstić information content (AvgIpc) is 3.62. The number of allylic oxidation sites excluding steroid dienone is 3. The van der Waals surface area contributed by atoms with Crippen LogP contribution in [-0.4, -0.2) is 9.55 Å². The number of aromatic nitrogens is 2. The number of nitrogens with zero attached hydrogens (tertiary/aromatic N) is 3. The molecule has 0 radical (unpaired) electrons. The van der Waals surface area contributed by atoms with Gasteiger partial charge >= 0.3 is 0 Å². The smallest absolute Gasteiger partial charge is 0.134 e. The van der Waals surface area contributed by atoms with E-state index in [1.807, 2.05) is 0 Å². The Bertz CT molecular complexity index is 3090. The van der Waals surface area contributed by atoms with Gasteiger partial charge in [0, 0.05) is 44.8 Å². The molecule has 0 fully saturated rings. The number of pyridine rings is 1. The van der Waals surface area contributed by atoms with Gasteiger partial charge < -0.3 is 14.2 Å². The molecule has 1 unspecified atom stereocenters. The second-order valence-corrected chi connectivity index (χ2v) is 16.0. The maximum atomic E-state index is 7.11. The second-order valence-electron chi connectivity index (χ2n) is 16.0. The molecule has 0 bridgehead atoms. The lowest BCUT2D eigenvalue weighted by Gasteiger charge is -2.49. The third-order valence-corrected chi connectivity index (χ3v) is 12.5. The first-order valence-corrected chi connectivity index (χ1v) is 20.5. The van der Waals surface area contributed by atoms with Crippen molar-refractivity contribution >= 4 is 33.2 Å². The summed E-state index contributed by atoms with van der Waals surface area (Å²) < 4.78 is 9.51. The second kappa shape index (κ2) is 13.1. The highest BCUT2D eigenvalue weighted by molar-refractivity contribution is 6.11. The molecule has 0 amide bonds. The minimum Gasteiger partial charge on any atom is -0.457 e. The predicted octanol–water partition coefficient (Wildman–Crippen LogP) is 13.9. The fourth-order valence-electron chi connectivity index (χ4n) is 10.0. The van der Waals surface area contributed by atoms with Gasteiger partial charge in [0.1, 0.15) is 11.5 Å². The Labute approximate surface area is 343 Å². The van der Waals surface area contributed by atoms with Crippen molar-refractivity contribution in [2.24, 2.45) is 5.92 Å². The number of para-hydroxylation sites is 4. The Balaban J connectivity index is 1.17. The molecule has 12 rings (SSSR count). The van der Waals surface area contributed by atoms with E-state index in [9.17, 15) is 0 Å². The van der Waals surface area contributed by atoms with E-state index in [2.05, 4.69) is 217 Å². The van der Waals surface area contributed by atoms with Crippen molar-refractivity contribution in [2.75, 3.05) is 4.90 Å². The van der Waals surface area contributed by atoms with E-state index in [0.717, 1.165) is 68.3 Å². The zero-order valence-corrected chi connectivity index (χ0v) is 32.6. The minimum atomic E-state index is -0.659. The molecule has 4 nitrogen and oxygen atoms in total. The summed E-state index contributed by atoms with van der Waals surface area (Å²) in [5.41, 5.74) is 14.9. The summed E-state index contributed by atoms with van der Waals surface area (Å²) in [7, 11) is 0. The van der Waals surface area contributed by atoms with Crippen LogP contribution < -0.4 is 9.64 Å². The van der Waals surface area contributed by atoms with E-state index in [4.69, 9.17) is 9.72 Å². The molecule has 4 heterocycles. The maximum Gasteiger partial charge on any atom is 0.134 e. The highest BCUT2D eigenvalue weighted by Crippen LogP contribution is 2.63. The van der Waals surface area contributed by atoms with Gasteiger partial charge in [0.05, 0.1) is 44.9 Å². The summed E-state index contributed by atoms with van der Waals surface area (Å²) in [5.74, 6) is 2.17. The number of hydrogen-bond donors (Lipinski definition) is 0. The van der Waals surface area contributed by atoms with Crippen molar-refractivity contribution in [1.82, 2.24) is 9.55 Å².